The quantitative estimate of drug-likeness (QED) is 0.448. The summed E-state index contributed by atoms with van der Waals surface area (Å²) in [7, 11) is 1.86. The van der Waals surface area contributed by atoms with Gasteiger partial charge in [-0.2, -0.15) is 10.2 Å². The van der Waals surface area contributed by atoms with Crippen LogP contribution in [0.1, 0.15) is 16.2 Å². The fraction of sp³-hybridized carbons (Fsp3) is 0.0909. The van der Waals surface area contributed by atoms with Crippen molar-refractivity contribution in [1.29, 1.82) is 0 Å². The molecule has 0 spiro atoms. The van der Waals surface area contributed by atoms with Gasteiger partial charge in [-0.3, -0.25) is 14.6 Å². The number of nitrogens with one attached hydrogen (secondary N) is 2. The van der Waals surface area contributed by atoms with Gasteiger partial charge in [0.1, 0.15) is 10.7 Å². The van der Waals surface area contributed by atoms with Crippen molar-refractivity contribution in [3.05, 3.63) is 72.2 Å². The van der Waals surface area contributed by atoms with E-state index in [0.717, 1.165) is 32.0 Å². The largest absolute Gasteiger partial charge is 0.321 e. The molecule has 0 fully saturated rings. The fourth-order valence-corrected chi connectivity index (χ4v) is 4.31. The highest BCUT2D eigenvalue weighted by molar-refractivity contribution is 7.21. The lowest BCUT2D eigenvalue weighted by Crippen LogP contribution is -2.12. The Bertz CT molecular complexity index is 1350. The molecule has 0 saturated carbocycles. The Labute approximate surface area is 176 Å². The minimum absolute atomic E-state index is 0.253. The lowest BCUT2D eigenvalue weighted by molar-refractivity contribution is 0.102. The molecule has 5 aromatic rings. The Morgan fingerprint density at radius 2 is 2.00 bits per heavy atom. The zero-order valence-corrected chi connectivity index (χ0v) is 17.2. The third kappa shape index (κ3) is 3.37. The van der Waals surface area contributed by atoms with Crippen LogP contribution >= 0.6 is 11.3 Å². The first-order valence-corrected chi connectivity index (χ1v) is 10.2. The van der Waals surface area contributed by atoms with Crippen molar-refractivity contribution in [3.63, 3.8) is 0 Å². The van der Waals surface area contributed by atoms with Gasteiger partial charge in [-0.15, -0.1) is 11.3 Å². The number of anilines is 1. The SMILES string of the molecule is Cc1nn(C)cc1-c1cc(C(=O)Nc2cccc(-c3nc4ccccc4s3)c2)[nH]n1. The summed E-state index contributed by atoms with van der Waals surface area (Å²) in [6.45, 7) is 1.91. The number of carbonyl (C=O) groups is 1. The maximum absolute atomic E-state index is 12.7. The Balaban J connectivity index is 1.38. The standard InChI is InChI=1S/C22H18N6OS/c1-13-16(12-28(2)27-13)18-11-19(26-25-18)21(29)23-15-7-5-6-14(10-15)22-24-17-8-3-4-9-20(17)30-22/h3-12H,1-2H3,(H,23,29)(H,25,26). The predicted molar refractivity (Wildman–Crippen MR) is 119 cm³/mol. The summed E-state index contributed by atoms with van der Waals surface area (Å²) in [5.41, 5.74) is 5.47. The third-order valence-corrected chi connectivity index (χ3v) is 5.86. The number of hydrogen-bond donors (Lipinski definition) is 2. The van der Waals surface area contributed by atoms with E-state index >= 15 is 0 Å². The molecule has 3 heterocycles. The zero-order chi connectivity index (χ0) is 20.7. The minimum Gasteiger partial charge on any atom is -0.321 e. The topological polar surface area (TPSA) is 88.5 Å². The molecule has 0 aliphatic heterocycles. The van der Waals surface area contributed by atoms with Crippen molar-refractivity contribution in [1.82, 2.24) is 25.0 Å². The van der Waals surface area contributed by atoms with Gasteiger partial charge in [0.2, 0.25) is 0 Å². The fourth-order valence-electron chi connectivity index (χ4n) is 3.35. The first kappa shape index (κ1) is 18.3. The summed E-state index contributed by atoms with van der Waals surface area (Å²) in [5.74, 6) is -0.253. The van der Waals surface area contributed by atoms with Crippen molar-refractivity contribution in [2.24, 2.45) is 7.05 Å². The number of nitrogens with zero attached hydrogens (tertiary/aromatic N) is 4. The molecular weight excluding hydrogens is 396 g/mol. The second-order valence-electron chi connectivity index (χ2n) is 6.99. The molecule has 30 heavy (non-hydrogen) atoms. The lowest BCUT2D eigenvalue weighted by Gasteiger charge is -2.05. The molecule has 0 aliphatic rings. The van der Waals surface area contributed by atoms with E-state index in [2.05, 4.69) is 26.7 Å². The third-order valence-electron chi connectivity index (χ3n) is 4.77. The van der Waals surface area contributed by atoms with Gasteiger partial charge in [-0.1, -0.05) is 24.3 Å². The second-order valence-corrected chi connectivity index (χ2v) is 8.02. The zero-order valence-electron chi connectivity index (χ0n) is 16.4. The predicted octanol–water partition coefficient (Wildman–Crippen LogP) is 4.65. The first-order valence-electron chi connectivity index (χ1n) is 9.40. The van der Waals surface area contributed by atoms with Gasteiger partial charge < -0.3 is 5.32 Å². The monoisotopic (exact) mass is 414 g/mol. The van der Waals surface area contributed by atoms with Crippen LogP contribution in [0.2, 0.25) is 0 Å². The Morgan fingerprint density at radius 1 is 1.13 bits per heavy atom. The van der Waals surface area contributed by atoms with E-state index in [-0.39, 0.29) is 5.91 Å². The highest BCUT2D eigenvalue weighted by Crippen LogP contribution is 2.31. The summed E-state index contributed by atoms with van der Waals surface area (Å²) in [5, 5.41) is 15.3. The molecule has 3 aromatic heterocycles. The molecule has 1 amide bonds. The molecule has 5 rings (SSSR count). The first-order chi connectivity index (χ1) is 14.6. The molecule has 0 unspecified atom stereocenters. The van der Waals surface area contributed by atoms with Crippen molar-refractivity contribution in [3.8, 4) is 21.8 Å². The number of aromatic nitrogens is 5. The molecule has 7 nitrogen and oxygen atoms in total. The van der Waals surface area contributed by atoms with Crippen LogP contribution in [0.15, 0.2) is 60.8 Å². The van der Waals surface area contributed by atoms with Gasteiger partial charge >= 0.3 is 0 Å². The number of aromatic amines is 1. The van der Waals surface area contributed by atoms with E-state index in [1.807, 2.05) is 62.6 Å². The van der Waals surface area contributed by atoms with E-state index in [9.17, 15) is 4.79 Å². The molecule has 0 atom stereocenters. The average molecular weight is 414 g/mol. The van der Waals surface area contributed by atoms with Crippen LogP contribution in [-0.4, -0.2) is 30.9 Å². The lowest BCUT2D eigenvalue weighted by atomic mass is 10.2. The summed E-state index contributed by atoms with van der Waals surface area (Å²) in [6.07, 6.45) is 1.88. The Hall–Kier alpha value is -3.78. The van der Waals surface area contributed by atoms with Crippen LogP contribution in [0, 0.1) is 6.92 Å². The molecule has 0 saturated heterocycles. The number of H-pyrrole nitrogens is 1. The number of carbonyl (C=O) groups excluding carboxylic acids is 1. The number of amides is 1. The van der Waals surface area contributed by atoms with Crippen molar-refractivity contribution >= 4 is 33.1 Å². The number of benzene rings is 2. The van der Waals surface area contributed by atoms with E-state index in [0.29, 0.717) is 17.1 Å². The molecule has 2 N–H and O–H groups in total. The van der Waals surface area contributed by atoms with Crippen molar-refractivity contribution in [2.75, 3.05) is 5.32 Å². The highest BCUT2D eigenvalue weighted by atomic mass is 32.1. The van der Waals surface area contributed by atoms with E-state index in [1.165, 1.54) is 0 Å². The maximum Gasteiger partial charge on any atom is 0.273 e. The van der Waals surface area contributed by atoms with Gasteiger partial charge in [0.15, 0.2) is 0 Å². The maximum atomic E-state index is 12.7. The van der Waals surface area contributed by atoms with Crippen molar-refractivity contribution < 1.29 is 4.79 Å². The van der Waals surface area contributed by atoms with Gasteiger partial charge in [0.25, 0.3) is 5.91 Å². The summed E-state index contributed by atoms with van der Waals surface area (Å²) in [4.78, 5) is 17.4. The molecule has 8 heteroatoms. The number of para-hydroxylation sites is 1. The number of thiazole rings is 1. The summed E-state index contributed by atoms with van der Waals surface area (Å²) < 4.78 is 2.87. The van der Waals surface area contributed by atoms with E-state index < -0.39 is 0 Å². The van der Waals surface area contributed by atoms with Gasteiger partial charge in [0.05, 0.1) is 21.6 Å². The molecule has 0 aliphatic carbocycles. The Kier molecular flexibility index (Phi) is 4.40. The normalized spacial score (nSPS) is 11.1. The number of fused-ring (bicyclic) bond motifs is 1. The van der Waals surface area contributed by atoms with E-state index in [4.69, 9.17) is 4.98 Å². The van der Waals surface area contributed by atoms with Crippen LogP contribution in [0.4, 0.5) is 5.69 Å². The molecule has 0 radical (unpaired) electrons. The van der Waals surface area contributed by atoms with Gasteiger partial charge in [-0.05, 0) is 37.3 Å². The second kappa shape index (κ2) is 7.23. The average Bonchev–Trinajstić information content (AvgIpc) is 3.46. The minimum atomic E-state index is -0.253. The van der Waals surface area contributed by atoms with Crippen LogP contribution in [0.25, 0.3) is 32.0 Å². The van der Waals surface area contributed by atoms with Crippen LogP contribution in [-0.2, 0) is 7.05 Å². The number of hydrogen-bond acceptors (Lipinski definition) is 5. The van der Waals surface area contributed by atoms with Crippen molar-refractivity contribution in [2.45, 2.75) is 6.92 Å². The number of aryl methyl sites for hydroxylation is 2. The van der Waals surface area contributed by atoms with Gasteiger partial charge in [0, 0.05) is 30.1 Å². The highest BCUT2D eigenvalue weighted by Gasteiger charge is 2.15. The molecule has 0 bridgehead atoms. The Morgan fingerprint density at radius 3 is 2.80 bits per heavy atom. The molecule has 148 valence electrons. The number of rotatable bonds is 4. The summed E-state index contributed by atoms with van der Waals surface area (Å²) in [6, 6.07) is 17.5. The van der Waals surface area contributed by atoms with Crippen LogP contribution in [0.5, 0.6) is 0 Å². The van der Waals surface area contributed by atoms with E-state index in [1.54, 1.807) is 22.1 Å². The summed E-state index contributed by atoms with van der Waals surface area (Å²) >= 11 is 1.63. The van der Waals surface area contributed by atoms with Gasteiger partial charge in [-0.25, -0.2) is 4.98 Å². The van der Waals surface area contributed by atoms with Crippen LogP contribution < -0.4 is 5.32 Å². The van der Waals surface area contributed by atoms with Crippen LogP contribution in [0.3, 0.4) is 0 Å². The smallest absolute Gasteiger partial charge is 0.273 e. The molecular formula is C22H18N6OS. The molecule has 2 aromatic carbocycles.